The molecule has 0 saturated carbocycles. The number of rotatable bonds is 3. The van der Waals surface area contributed by atoms with Gasteiger partial charge in [0, 0.05) is 6.07 Å². The molecule has 0 aromatic heterocycles. The molecule has 1 aromatic carbocycles. The van der Waals surface area contributed by atoms with Gasteiger partial charge in [0.2, 0.25) is 0 Å². The molecule has 2 fully saturated rings. The lowest BCUT2D eigenvalue weighted by molar-refractivity contribution is 0.403. The predicted octanol–water partition coefficient (Wildman–Crippen LogP) is 0.564. The maximum atomic E-state index is 11.8. The van der Waals surface area contributed by atoms with E-state index in [-0.39, 0.29) is 23.6 Å². The van der Waals surface area contributed by atoms with Crippen LogP contribution >= 0.6 is 12.2 Å². The monoisotopic (exact) mass is 328 g/mol. The van der Waals surface area contributed by atoms with E-state index in [1.54, 1.807) is 32.4 Å². The van der Waals surface area contributed by atoms with Crippen LogP contribution in [0, 0.1) is 0 Å². The van der Waals surface area contributed by atoms with Crippen molar-refractivity contribution in [2.24, 2.45) is 0 Å². The van der Waals surface area contributed by atoms with Crippen molar-refractivity contribution in [3.05, 3.63) is 18.2 Å². The van der Waals surface area contributed by atoms with Gasteiger partial charge < -0.3 is 19.7 Å². The normalized spacial score (nSPS) is 26.4. The van der Waals surface area contributed by atoms with Crippen LogP contribution in [0.2, 0.25) is 0 Å². The number of anilines is 1. The van der Waals surface area contributed by atoms with Gasteiger partial charge >= 0.3 is 0 Å². The first-order valence-electron chi connectivity index (χ1n) is 6.47. The van der Waals surface area contributed by atoms with Crippen LogP contribution < -0.4 is 19.7 Å². The number of thiocarbonyl (C=S) groups is 1. The van der Waals surface area contributed by atoms with Crippen molar-refractivity contribution in [1.82, 2.24) is 5.32 Å². The Bertz CT molecular complexity index is 689. The third-order valence-electron chi connectivity index (χ3n) is 3.83. The highest BCUT2D eigenvalue weighted by Gasteiger charge is 2.48. The zero-order valence-corrected chi connectivity index (χ0v) is 13.3. The number of nitrogens with zero attached hydrogens (tertiary/aromatic N) is 1. The van der Waals surface area contributed by atoms with Crippen molar-refractivity contribution in [1.29, 1.82) is 0 Å². The molecule has 0 bridgehead atoms. The SMILES string of the molecule is COc1ccc(OC)c(N2C(=S)N[C@H]3CS(=O)(=O)C[C@@H]32)c1. The topological polar surface area (TPSA) is 67.9 Å². The van der Waals surface area contributed by atoms with Crippen molar-refractivity contribution >= 4 is 32.9 Å². The average Bonchev–Trinajstić information content (AvgIpc) is 2.88. The number of nitrogens with one attached hydrogen (secondary N) is 1. The number of fused-ring (bicyclic) bond motifs is 1. The van der Waals surface area contributed by atoms with Crippen LogP contribution in [-0.2, 0) is 9.84 Å². The minimum Gasteiger partial charge on any atom is -0.497 e. The summed E-state index contributed by atoms with van der Waals surface area (Å²) in [4.78, 5) is 1.83. The summed E-state index contributed by atoms with van der Waals surface area (Å²) >= 11 is 5.36. The summed E-state index contributed by atoms with van der Waals surface area (Å²) in [5.41, 5.74) is 0.721. The quantitative estimate of drug-likeness (QED) is 0.813. The number of ether oxygens (including phenoxy) is 2. The highest BCUT2D eigenvalue weighted by Crippen LogP contribution is 2.37. The van der Waals surface area contributed by atoms with Gasteiger partial charge in [-0.1, -0.05) is 0 Å². The summed E-state index contributed by atoms with van der Waals surface area (Å²) in [6.07, 6.45) is 0. The van der Waals surface area contributed by atoms with Gasteiger partial charge in [-0.15, -0.1) is 0 Å². The Kier molecular flexibility index (Phi) is 3.45. The van der Waals surface area contributed by atoms with Gasteiger partial charge in [-0.05, 0) is 24.4 Å². The largest absolute Gasteiger partial charge is 0.497 e. The van der Waals surface area contributed by atoms with Gasteiger partial charge in [-0.3, -0.25) is 0 Å². The van der Waals surface area contributed by atoms with Crippen LogP contribution in [0.15, 0.2) is 18.2 Å². The van der Waals surface area contributed by atoms with Crippen LogP contribution in [-0.4, -0.2) is 51.3 Å². The molecule has 0 spiro atoms. The number of hydrogen-bond acceptors (Lipinski definition) is 5. The Morgan fingerprint density at radius 1 is 1.29 bits per heavy atom. The van der Waals surface area contributed by atoms with Crippen LogP contribution in [0.1, 0.15) is 0 Å². The van der Waals surface area contributed by atoms with E-state index in [0.29, 0.717) is 16.6 Å². The standard InChI is InChI=1S/C13H16N2O4S2/c1-18-8-3-4-12(19-2)10(5-8)15-11-7-21(16,17)6-9(11)14-13(15)20/h3-5,9,11H,6-7H2,1-2H3,(H,14,20)/t9-,11-/m0/s1. The molecule has 3 rings (SSSR count). The predicted molar refractivity (Wildman–Crippen MR) is 84.0 cm³/mol. The Labute approximate surface area is 128 Å². The van der Waals surface area contributed by atoms with Gasteiger partial charge in [0.05, 0.1) is 43.5 Å². The van der Waals surface area contributed by atoms with Crippen LogP contribution in [0.25, 0.3) is 0 Å². The maximum Gasteiger partial charge on any atom is 0.174 e. The molecule has 0 radical (unpaired) electrons. The molecule has 2 aliphatic heterocycles. The van der Waals surface area contributed by atoms with Gasteiger partial charge in [-0.25, -0.2) is 8.42 Å². The molecule has 2 saturated heterocycles. The smallest absolute Gasteiger partial charge is 0.174 e. The van der Waals surface area contributed by atoms with Gasteiger partial charge in [0.25, 0.3) is 0 Å². The molecular formula is C13H16N2O4S2. The molecule has 0 amide bonds. The fourth-order valence-corrected chi connectivity index (χ4v) is 5.15. The van der Waals surface area contributed by atoms with Gasteiger partial charge in [-0.2, -0.15) is 0 Å². The number of hydrogen-bond donors (Lipinski definition) is 1. The lowest BCUT2D eigenvalue weighted by Crippen LogP contribution is -2.37. The van der Waals surface area contributed by atoms with E-state index >= 15 is 0 Å². The molecule has 0 aliphatic carbocycles. The second-order valence-corrected chi connectivity index (χ2v) is 7.65. The zero-order chi connectivity index (χ0) is 15.2. The highest BCUT2D eigenvalue weighted by atomic mass is 32.2. The minimum absolute atomic E-state index is 0.0885. The third-order valence-corrected chi connectivity index (χ3v) is 5.86. The first kappa shape index (κ1) is 14.4. The van der Waals surface area contributed by atoms with E-state index in [4.69, 9.17) is 21.7 Å². The van der Waals surface area contributed by atoms with E-state index in [9.17, 15) is 8.42 Å². The lowest BCUT2D eigenvalue weighted by Gasteiger charge is -2.25. The molecule has 2 heterocycles. The van der Waals surface area contributed by atoms with E-state index in [2.05, 4.69) is 5.32 Å². The second kappa shape index (κ2) is 5.03. The van der Waals surface area contributed by atoms with E-state index in [0.717, 1.165) is 5.69 Å². The Balaban J connectivity index is 2.04. The van der Waals surface area contributed by atoms with Crippen LogP contribution in [0.3, 0.4) is 0 Å². The van der Waals surface area contributed by atoms with Crippen molar-refractivity contribution < 1.29 is 17.9 Å². The molecule has 1 aromatic rings. The molecule has 2 aliphatic rings. The van der Waals surface area contributed by atoms with Crippen molar-refractivity contribution in [2.75, 3.05) is 30.6 Å². The van der Waals surface area contributed by atoms with Crippen molar-refractivity contribution in [3.63, 3.8) is 0 Å². The minimum atomic E-state index is -3.04. The number of sulfone groups is 1. The lowest BCUT2D eigenvalue weighted by atomic mass is 10.1. The Morgan fingerprint density at radius 3 is 2.71 bits per heavy atom. The van der Waals surface area contributed by atoms with Crippen LogP contribution in [0.4, 0.5) is 5.69 Å². The fourth-order valence-electron chi connectivity index (χ4n) is 2.87. The summed E-state index contributed by atoms with van der Waals surface area (Å²) in [5.74, 6) is 1.49. The number of methoxy groups -OCH3 is 2. The molecule has 1 N–H and O–H groups in total. The molecule has 2 atom stereocenters. The molecule has 6 nitrogen and oxygen atoms in total. The van der Waals surface area contributed by atoms with Crippen molar-refractivity contribution in [2.45, 2.75) is 12.1 Å². The molecule has 0 unspecified atom stereocenters. The third kappa shape index (κ3) is 2.42. The van der Waals surface area contributed by atoms with E-state index < -0.39 is 9.84 Å². The first-order valence-corrected chi connectivity index (χ1v) is 8.70. The second-order valence-electron chi connectivity index (χ2n) is 5.11. The Morgan fingerprint density at radius 2 is 2.05 bits per heavy atom. The summed E-state index contributed by atoms with van der Waals surface area (Å²) in [6, 6.07) is 5.01. The van der Waals surface area contributed by atoms with Crippen molar-refractivity contribution in [3.8, 4) is 11.5 Å². The van der Waals surface area contributed by atoms with Gasteiger partial charge in [0.15, 0.2) is 14.9 Å². The highest BCUT2D eigenvalue weighted by molar-refractivity contribution is 7.91. The van der Waals surface area contributed by atoms with E-state index in [1.165, 1.54) is 0 Å². The molecule has 114 valence electrons. The summed E-state index contributed by atoms with van der Waals surface area (Å²) in [7, 11) is 0.108. The number of benzene rings is 1. The fraction of sp³-hybridized carbons (Fsp3) is 0.462. The molecular weight excluding hydrogens is 312 g/mol. The summed E-state index contributed by atoms with van der Waals surface area (Å²) in [6.45, 7) is 0. The van der Waals surface area contributed by atoms with E-state index in [1.807, 2.05) is 4.90 Å². The van der Waals surface area contributed by atoms with Crippen LogP contribution in [0.5, 0.6) is 11.5 Å². The molecule has 8 heteroatoms. The molecule has 21 heavy (non-hydrogen) atoms. The summed E-state index contributed by atoms with van der Waals surface area (Å²) in [5, 5.41) is 3.61. The average molecular weight is 328 g/mol. The first-order chi connectivity index (χ1) is 9.95. The summed E-state index contributed by atoms with van der Waals surface area (Å²) < 4.78 is 34.3. The Hall–Kier alpha value is -1.54. The maximum absolute atomic E-state index is 11.8. The van der Waals surface area contributed by atoms with Gasteiger partial charge in [0.1, 0.15) is 11.5 Å². The zero-order valence-electron chi connectivity index (χ0n) is 11.7.